The Hall–Kier alpha value is -0.120. The summed E-state index contributed by atoms with van der Waals surface area (Å²) in [7, 11) is 0. The molecule has 3 nitrogen and oxygen atoms in total. The molecule has 3 heteroatoms. The fraction of sp³-hybridized carbons (Fsp3) is 1.00. The topological polar surface area (TPSA) is 24.5 Å². The third-order valence-electron chi connectivity index (χ3n) is 5.32. The van der Waals surface area contributed by atoms with Gasteiger partial charge >= 0.3 is 0 Å². The first-order valence-corrected chi connectivity index (χ1v) is 8.29. The van der Waals surface area contributed by atoms with Crippen LogP contribution in [0.15, 0.2) is 0 Å². The molecule has 1 N–H and O–H groups in total. The lowest BCUT2D eigenvalue weighted by atomic mass is 9.84. The van der Waals surface area contributed by atoms with Crippen LogP contribution in [0.4, 0.5) is 0 Å². The fourth-order valence-electron chi connectivity index (χ4n) is 3.85. The summed E-state index contributed by atoms with van der Waals surface area (Å²) in [5.41, 5.74) is 0. The number of rotatable bonds is 5. The number of hydrogen-bond acceptors (Lipinski definition) is 3. The fourth-order valence-corrected chi connectivity index (χ4v) is 3.85. The molecule has 0 aromatic heterocycles. The molecular formula is C16H30N2O. The van der Waals surface area contributed by atoms with Gasteiger partial charge in [-0.15, -0.1) is 0 Å². The van der Waals surface area contributed by atoms with E-state index < -0.39 is 0 Å². The van der Waals surface area contributed by atoms with E-state index in [4.69, 9.17) is 4.74 Å². The molecule has 0 bridgehead atoms. The van der Waals surface area contributed by atoms with Crippen molar-refractivity contribution in [3.8, 4) is 0 Å². The van der Waals surface area contributed by atoms with E-state index in [1.165, 1.54) is 38.8 Å². The van der Waals surface area contributed by atoms with E-state index in [1.807, 2.05) is 0 Å². The van der Waals surface area contributed by atoms with Crippen LogP contribution < -0.4 is 5.32 Å². The van der Waals surface area contributed by atoms with Crippen LogP contribution in [0.25, 0.3) is 0 Å². The summed E-state index contributed by atoms with van der Waals surface area (Å²) in [6.45, 7) is 10.2. The Morgan fingerprint density at radius 3 is 2.58 bits per heavy atom. The average Bonchev–Trinajstić information content (AvgIpc) is 3.16. The van der Waals surface area contributed by atoms with Crippen LogP contribution in [-0.2, 0) is 4.74 Å². The lowest BCUT2D eigenvalue weighted by molar-refractivity contribution is -0.0736. The molecule has 1 heterocycles. The molecule has 3 fully saturated rings. The second kappa shape index (κ2) is 5.71. The summed E-state index contributed by atoms with van der Waals surface area (Å²) in [6, 6.07) is 2.27. The van der Waals surface area contributed by atoms with Crippen LogP contribution in [0.5, 0.6) is 0 Å². The summed E-state index contributed by atoms with van der Waals surface area (Å²) >= 11 is 0. The SMILES string of the molecule is CCOC1CC(N2CC(C3CC3)NCC2C(C)C)C1. The van der Waals surface area contributed by atoms with Gasteiger partial charge in [-0.25, -0.2) is 0 Å². The van der Waals surface area contributed by atoms with Crippen molar-refractivity contribution in [2.75, 3.05) is 19.7 Å². The van der Waals surface area contributed by atoms with Gasteiger partial charge in [-0.05, 0) is 44.4 Å². The van der Waals surface area contributed by atoms with Crippen LogP contribution in [0.3, 0.4) is 0 Å². The molecule has 2 saturated carbocycles. The Morgan fingerprint density at radius 2 is 2.00 bits per heavy atom. The predicted octanol–water partition coefficient (Wildman–Crippen LogP) is 2.26. The van der Waals surface area contributed by atoms with Gasteiger partial charge in [0.15, 0.2) is 0 Å². The van der Waals surface area contributed by atoms with Gasteiger partial charge in [-0.2, -0.15) is 0 Å². The second-order valence-electron chi connectivity index (χ2n) is 7.06. The minimum atomic E-state index is 0.539. The molecule has 2 unspecified atom stereocenters. The van der Waals surface area contributed by atoms with E-state index in [0.29, 0.717) is 6.10 Å². The molecule has 0 radical (unpaired) electrons. The van der Waals surface area contributed by atoms with Crippen LogP contribution in [-0.4, -0.2) is 48.8 Å². The maximum absolute atomic E-state index is 5.74. The molecular weight excluding hydrogens is 236 g/mol. The predicted molar refractivity (Wildman–Crippen MR) is 78.3 cm³/mol. The van der Waals surface area contributed by atoms with E-state index in [1.54, 1.807) is 0 Å². The molecule has 0 amide bonds. The summed E-state index contributed by atoms with van der Waals surface area (Å²) in [5.74, 6) is 1.72. The smallest absolute Gasteiger partial charge is 0.0604 e. The van der Waals surface area contributed by atoms with Crippen LogP contribution in [0, 0.1) is 11.8 Å². The van der Waals surface area contributed by atoms with Crippen molar-refractivity contribution >= 4 is 0 Å². The molecule has 2 atom stereocenters. The first kappa shape index (κ1) is 13.8. The number of hydrogen-bond donors (Lipinski definition) is 1. The molecule has 3 aliphatic rings. The molecule has 1 aliphatic heterocycles. The van der Waals surface area contributed by atoms with Gasteiger partial charge in [0.2, 0.25) is 0 Å². The number of nitrogens with one attached hydrogen (secondary N) is 1. The lowest BCUT2D eigenvalue weighted by Gasteiger charge is -2.51. The van der Waals surface area contributed by atoms with E-state index in [9.17, 15) is 0 Å². The number of piperazine rings is 1. The van der Waals surface area contributed by atoms with Gasteiger partial charge in [-0.1, -0.05) is 13.8 Å². The average molecular weight is 266 g/mol. The van der Waals surface area contributed by atoms with Crippen molar-refractivity contribution < 1.29 is 4.74 Å². The maximum atomic E-state index is 5.74. The molecule has 0 aromatic carbocycles. The summed E-state index contributed by atoms with van der Waals surface area (Å²) in [6.07, 6.45) is 5.95. The van der Waals surface area contributed by atoms with Crippen molar-refractivity contribution in [1.82, 2.24) is 10.2 Å². The molecule has 0 aromatic rings. The normalized spacial score (nSPS) is 40.4. The van der Waals surface area contributed by atoms with Crippen molar-refractivity contribution in [3.63, 3.8) is 0 Å². The second-order valence-corrected chi connectivity index (χ2v) is 7.06. The lowest BCUT2D eigenvalue weighted by Crippen LogP contribution is -2.64. The van der Waals surface area contributed by atoms with E-state index in [0.717, 1.165) is 36.6 Å². The zero-order valence-electron chi connectivity index (χ0n) is 12.8. The summed E-state index contributed by atoms with van der Waals surface area (Å²) < 4.78 is 5.74. The minimum absolute atomic E-state index is 0.539. The highest BCUT2D eigenvalue weighted by molar-refractivity contribution is 5.00. The molecule has 1 saturated heterocycles. The highest BCUT2D eigenvalue weighted by Gasteiger charge is 2.43. The molecule has 0 spiro atoms. The zero-order chi connectivity index (χ0) is 13.4. The van der Waals surface area contributed by atoms with Crippen LogP contribution in [0.2, 0.25) is 0 Å². The van der Waals surface area contributed by atoms with Gasteiger partial charge in [0.05, 0.1) is 6.10 Å². The monoisotopic (exact) mass is 266 g/mol. The number of ether oxygens (including phenoxy) is 1. The Labute approximate surface area is 118 Å². The van der Waals surface area contributed by atoms with Gasteiger partial charge in [0, 0.05) is 37.8 Å². The van der Waals surface area contributed by atoms with Gasteiger partial charge in [0.1, 0.15) is 0 Å². The Kier molecular flexibility index (Phi) is 4.16. The Balaban J connectivity index is 1.58. The highest BCUT2D eigenvalue weighted by Crippen LogP contribution is 2.38. The first-order chi connectivity index (χ1) is 9.19. The van der Waals surface area contributed by atoms with Crippen molar-refractivity contribution in [2.24, 2.45) is 11.8 Å². The van der Waals surface area contributed by atoms with Gasteiger partial charge in [0.25, 0.3) is 0 Å². The Bertz CT molecular complexity index is 297. The number of nitrogens with zero attached hydrogens (tertiary/aromatic N) is 1. The van der Waals surface area contributed by atoms with Gasteiger partial charge < -0.3 is 10.1 Å². The van der Waals surface area contributed by atoms with Crippen molar-refractivity contribution in [1.29, 1.82) is 0 Å². The van der Waals surface area contributed by atoms with E-state index in [-0.39, 0.29) is 0 Å². The van der Waals surface area contributed by atoms with Crippen molar-refractivity contribution in [3.05, 3.63) is 0 Å². The minimum Gasteiger partial charge on any atom is -0.378 e. The Morgan fingerprint density at radius 1 is 1.26 bits per heavy atom. The molecule has 2 aliphatic carbocycles. The third-order valence-corrected chi connectivity index (χ3v) is 5.32. The molecule has 19 heavy (non-hydrogen) atoms. The van der Waals surface area contributed by atoms with Crippen LogP contribution in [0.1, 0.15) is 46.5 Å². The third kappa shape index (κ3) is 2.98. The first-order valence-electron chi connectivity index (χ1n) is 8.29. The standard InChI is InChI=1S/C16H30N2O/c1-4-19-14-7-13(8-14)18-10-15(12-5-6-12)17-9-16(18)11(2)3/h11-17H,4-10H2,1-3H3. The highest BCUT2D eigenvalue weighted by atomic mass is 16.5. The van der Waals surface area contributed by atoms with Gasteiger partial charge in [-0.3, -0.25) is 4.90 Å². The van der Waals surface area contributed by atoms with Crippen molar-refractivity contribution in [2.45, 2.75) is 70.7 Å². The summed E-state index contributed by atoms with van der Waals surface area (Å²) in [4.78, 5) is 2.82. The quantitative estimate of drug-likeness (QED) is 0.826. The molecule has 110 valence electrons. The van der Waals surface area contributed by atoms with E-state index in [2.05, 4.69) is 31.0 Å². The zero-order valence-corrected chi connectivity index (χ0v) is 12.8. The molecule has 3 rings (SSSR count). The van der Waals surface area contributed by atoms with Crippen LogP contribution >= 0.6 is 0 Å². The largest absolute Gasteiger partial charge is 0.378 e. The maximum Gasteiger partial charge on any atom is 0.0604 e. The summed E-state index contributed by atoms with van der Waals surface area (Å²) in [5, 5.41) is 3.81. The van der Waals surface area contributed by atoms with E-state index >= 15 is 0 Å².